The van der Waals surface area contributed by atoms with Crippen LogP contribution in [0.2, 0.25) is 0 Å². The second-order valence-electron chi connectivity index (χ2n) is 5.61. The molecule has 1 aromatic rings. The number of hydrazine groups is 1. The lowest BCUT2D eigenvalue weighted by Crippen LogP contribution is -2.68. The lowest BCUT2D eigenvalue weighted by molar-refractivity contribution is -2.00. The van der Waals surface area contributed by atoms with Crippen LogP contribution in [-0.4, -0.2) is 34.1 Å². The third-order valence-electron chi connectivity index (χ3n) is 3.73. The maximum Gasteiger partial charge on any atom is 0.294 e. The molecule has 0 amide bonds. The summed E-state index contributed by atoms with van der Waals surface area (Å²) in [6, 6.07) is 10.6. The Hall–Kier alpha value is -1.55. The van der Waals surface area contributed by atoms with Crippen LogP contribution < -0.4 is 24.1 Å². The van der Waals surface area contributed by atoms with E-state index in [1.165, 1.54) is 28.2 Å². The van der Waals surface area contributed by atoms with E-state index in [0.717, 1.165) is 0 Å². The van der Waals surface area contributed by atoms with E-state index < -0.39 is 10.2 Å². The zero-order valence-electron chi connectivity index (χ0n) is 14.4. The summed E-state index contributed by atoms with van der Waals surface area (Å²) in [5, 5.41) is 2.28. The zero-order chi connectivity index (χ0) is 18.8. The van der Waals surface area contributed by atoms with Crippen LogP contribution in [0.15, 0.2) is 53.4 Å². The average molecular weight is 386 g/mol. The highest BCUT2D eigenvalue weighted by Gasteiger charge is 2.44. The standard InChI is InChI=1S/C16H19N3S.ClHO4/c1-11-10-12(2)17-19-14(11)15(18(3)16(19)20-4)13-8-6-5-7-9-13;2-1(3,4)5/h5-10,16H,1-4H3;(H,2,3,4,5). The van der Waals surface area contributed by atoms with Gasteiger partial charge in [0.2, 0.25) is 5.71 Å². The molecule has 2 aliphatic rings. The quantitative estimate of drug-likeness (QED) is 0.587. The van der Waals surface area contributed by atoms with Crippen LogP contribution in [0, 0.1) is 10.2 Å². The van der Waals surface area contributed by atoms with Gasteiger partial charge >= 0.3 is 0 Å². The highest BCUT2D eigenvalue weighted by atomic mass is 35.7. The highest BCUT2D eigenvalue weighted by molar-refractivity contribution is 7.98. The Kier molecular flexibility index (Phi) is 6.15. The van der Waals surface area contributed by atoms with Gasteiger partial charge in [-0.1, -0.05) is 30.0 Å². The summed E-state index contributed by atoms with van der Waals surface area (Å²) >= 11 is 1.84. The van der Waals surface area contributed by atoms with E-state index in [1.54, 1.807) is 0 Å². The molecule has 0 aliphatic carbocycles. The van der Waals surface area contributed by atoms with E-state index in [2.05, 4.69) is 78.6 Å². The maximum absolute atomic E-state index is 8.49. The van der Waals surface area contributed by atoms with Gasteiger partial charge in [0, 0.05) is 11.3 Å². The molecule has 0 aromatic heterocycles. The number of hydrogen-bond acceptors (Lipinski definition) is 7. The first-order valence-corrected chi connectivity index (χ1v) is 9.91. The van der Waals surface area contributed by atoms with E-state index in [0.29, 0.717) is 0 Å². The number of benzene rings is 1. The average Bonchev–Trinajstić information content (AvgIpc) is 2.78. The fraction of sp³-hybridized carbons (Fsp3) is 0.312. The van der Waals surface area contributed by atoms with Crippen LogP contribution in [-0.2, 0) is 0 Å². The number of allylic oxidation sites excluding steroid dienone is 4. The van der Waals surface area contributed by atoms with Gasteiger partial charge < -0.3 is 0 Å². The Morgan fingerprint density at radius 3 is 2.20 bits per heavy atom. The first-order chi connectivity index (χ1) is 11.6. The Bertz CT molecular complexity index is 723. The minimum absolute atomic E-state index is 0.277. The summed E-state index contributed by atoms with van der Waals surface area (Å²) in [6.45, 7) is 4.30. The number of nitrogens with one attached hydrogen (secondary N) is 1. The molecule has 0 bridgehead atoms. The van der Waals surface area contributed by atoms with Gasteiger partial charge in [-0.15, -0.1) is 10.2 Å². The Labute approximate surface area is 153 Å². The van der Waals surface area contributed by atoms with Gasteiger partial charge in [-0.2, -0.15) is 4.58 Å². The van der Waals surface area contributed by atoms with E-state index in [-0.39, 0.29) is 5.50 Å². The molecule has 7 nitrogen and oxygen atoms in total. The van der Waals surface area contributed by atoms with Crippen molar-refractivity contribution in [2.24, 2.45) is 0 Å². The van der Waals surface area contributed by atoms with Crippen molar-refractivity contribution in [2.45, 2.75) is 19.3 Å². The molecule has 3 rings (SSSR count). The van der Waals surface area contributed by atoms with E-state index in [9.17, 15) is 0 Å². The molecular formula is C16H20ClN3O4S. The summed E-state index contributed by atoms with van der Waals surface area (Å²) < 4.78 is 36.3. The molecule has 25 heavy (non-hydrogen) atoms. The highest BCUT2D eigenvalue weighted by Crippen LogP contribution is 2.32. The van der Waals surface area contributed by atoms with Crippen molar-refractivity contribution in [2.75, 3.05) is 13.3 Å². The SMILES string of the molecule is CSC1N2NC(C)=CC(C)=C2C(c2ccccc2)=[N+]1C.[O-][Cl+3]([O-])([O-])[O-]. The van der Waals surface area contributed by atoms with Crippen molar-refractivity contribution in [3.05, 3.63) is 58.9 Å². The van der Waals surface area contributed by atoms with Crippen molar-refractivity contribution >= 4 is 17.5 Å². The van der Waals surface area contributed by atoms with Crippen LogP contribution in [0.25, 0.3) is 0 Å². The Balaban J connectivity index is 0.000000399. The van der Waals surface area contributed by atoms with Gasteiger partial charge in [0.15, 0.2) is 0 Å². The maximum atomic E-state index is 8.49. The van der Waals surface area contributed by atoms with E-state index in [4.69, 9.17) is 18.6 Å². The fourth-order valence-electron chi connectivity index (χ4n) is 2.98. The fourth-order valence-corrected chi connectivity index (χ4v) is 3.77. The minimum atomic E-state index is -4.94. The first-order valence-electron chi connectivity index (χ1n) is 7.38. The largest absolute Gasteiger partial charge is 0.296 e. The smallest absolute Gasteiger partial charge is 0.294 e. The lowest BCUT2D eigenvalue weighted by Gasteiger charge is -2.28. The molecule has 0 saturated heterocycles. The number of nitrogens with zero attached hydrogens (tertiary/aromatic N) is 2. The van der Waals surface area contributed by atoms with Crippen molar-refractivity contribution in [3.8, 4) is 0 Å². The molecule has 9 heteroatoms. The summed E-state index contributed by atoms with van der Waals surface area (Å²) in [5.41, 5.74) is 10.1. The number of fused-ring (bicyclic) bond motifs is 1. The molecule has 2 heterocycles. The summed E-state index contributed by atoms with van der Waals surface area (Å²) in [4.78, 5) is 0. The van der Waals surface area contributed by atoms with Crippen LogP contribution in [0.1, 0.15) is 19.4 Å². The molecule has 0 spiro atoms. The molecule has 2 aliphatic heterocycles. The van der Waals surface area contributed by atoms with Crippen molar-refractivity contribution in [3.63, 3.8) is 0 Å². The predicted molar refractivity (Wildman–Crippen MR) is 85.5 cm³/mol. The summed E-state index contributed by atoms with van der Waals surface area (Å²) in [6.07, 6.45) is 4.36. The van der Waals surface area contributed by atoms with Crippen molar-refractivity contribution < 1.29 is 33.5 Å². The van der Waals surface area contributed by atoms with Crippen LogP contribution in [0.5, 0.6) is 0 Å². The second kappa shape index (κ2) is 7.77. The third kappa shape index (κ3) is 4.75. The number of hydrogen-bond donors (Lipinski definition) is 1. The van der Waals surface area contributed by atoms with Gasteiger partial charge in [0.05, 0.1) is 0 Å². The van der Waals surface area contributed by atoms with E-state index in [1.807, 2.05) is 11.8 Å². The minimum Gasteiger partial charge on any atom is -0.296 e. The molecule has 0 radical (unpaired) electrons. The van der Waals surface area contributed by atoms with Crippen LogP contribution in [0.4, 0.5) is 0 Å². The molecule has 1 atom stereocenters. The van der Waals surface area contributed by atoms with Gasteiger partial charge in [-0.25, -0.2) is 23.6 Å². The van der Waals surface area contributed by atoms with E-state index >= 15 is 0 Å². The molecule has 1 unspecified atom stereocenters. The predicted octanol–water partition coefficient (Wildman–Crippen LogP) is -1.98. The van der Waals surface area contributed by atoms with Gasteiger partial charge in [-0.05, 0) is 43.9 Å². The monoisotopic (exact) mass is 385 g/mol. The summed E-state index contributed by atoms with van der Waals surface area (Å²) in [5.74, 6) is 0. The molecule has 1 aromatic carbocycles. The molecule has 0 fully saturated rings. The van der Waals surface area contributed by atoms with Crippen LogP contribution >= 0.6 is 11.8 Å². The second-order valence-corrected chi connectivity index (χ2v) is 7.26. The summed E-state index contributed by atoms with van der Waals surface area (Å²) in [7, 11) is -2.78. The number of halogens is 1. The normalized spacial score (nSPS) is 19.9. The molecule has 0 saturated carbocycles. The number of rotatable bonds is 2. The molecular weight excluding hydrogens is 366 g/mol. The van der Waals surface area contributed by atoms with Crippen molar-refractivity contribution in [1.29, 1.82) is 0 Å². The lowest BCUT2D eigenvalue weighted by atomic mass is 10.0. The first kappa shape index (κ1) is 19.8. The van der Waals surface area contributed by atoms with Crippen molar-refractivity contribution in [1.82, 2.24) is 10.4 Å². The zero-order valence-corrected chi connectivity index (χ0v) is 15.9. The van der Waals surface area contributed by atoms with Gasteiger partial charge in [-0.3, -0.25) is 5.43 Å². The Morgan fingerprint density at radius 1 is 1.12 bits per heavy atom. The van der Waals surface area contributed by atoms with Gasteiger partial charge in [0.25, 0.3) is 5.50 Å². The Morgan fingerprint density at radius 2 is 1.68 bits per heavy atom. The molecule has 136 valence electrons. The van der Waals surface area contributed by atoms with Crippen LogP contribution in [0.3, 0.4) is 0 Å². The molecule has 1 N–H and O–H groups in total. The van der Waals surface area contributed by atoms with Gasteiger partial charge in [0.1, 0.15) is 12.7 Å². The third-order valence-corrected chi connectivity index (χ3v) is 4.68. The number of thioether (sulfide) groups is 1. The topological polar surface area (TPSA) is 111 Å².